The van der Waals surface area contributed by atoms with Crippen molar-refractivity contribution in [2.45, 2.75) is 32.7 Å². The number of nitrogens with zero attached hydrogens (tertiary/aromatic N) is 3. The molecule has 1 unspecified atom stereocenters. The fraction of sp³-hybridized carbons (Fsp3) is 0.242. The largest absolute Gasteiger partial charge is 0.464 e. The number of aromatic amines is 1. The van der Waals surface area contributed by atoms with Gasteiger partial charge in [0, 0.05) is 24.2 Å². The van der Waals surface area contributed by atoms with E-state index in [0.717, 1.165) is 20.9 Å². The Bertz CT molecular complexity index is 1400. The quantitative estimate of drug-likeness (QED) is 0.0623. The summed E-state index contributed by atoms with van der Waals surface area (Å²) in [6.45, 7) is 4.23. The lowest BCUT2D eigenvalue weighted by Gasteiger charge is -2.26. The van der Waals surface area contributed by atoms with Gasteiger partial charge < -0.3 is 20.4 Å². The molecule has 11 heteroatoms. The van der Waals surface area contributed by atoms with Gasteiger partial charge in [0.25, 0.3) is 13.3 Å². The molecule has 10 nitrogen and oxygen atoms in total. The molecule has 0 saturated carbocycles. The first kappa shape index (κ1) is 32.1. The number of carbonyl (C=O) groups is 3. The summed E-state index contributed by atoms with van der Waals surface area (Å²) in [7, 11) is -2.80. The summed E-state index contributed by atoms with van der Waals surface area (Å²) < 4.78 is 5.39. The Hall–Kier alpha value is -4.82. The summed E-state index contributed by atoms with van der Waals surface area (Å²) in [4.78, 5) is 47.1. The van der Waals surface area contributed by atoms with Crippen LogP contribution in [0.3, 0.4) is 0 Å². The molecule has 0 spiro atoms. The number of aromatic nitrogens is 1. The Kier molecular flexibility index (Phi) is 11.8. The van der Waals surface area contributed by atoms with Crippen LogP contribution in [-0.4, -0.2) is 53.6 Å². The molecule has 1 aromatic heterocycles. The number of H-pyrrole nitrogens is 1. The first-order valence-corrected chi connectivity index (χ1v) is 16.4. The number of esters is 1. The zero-order chi connectivity index (χ0) is 31.2. The molecule has 0 aliphatic heterocycles. The maximum Gasteiger partial charge on any atom is 0.340 e. The third kappa shape index (κ3) is 7.76. The standard InChI is InChI=1S/C33H37N6O4P/c1-3-34-33(42)39(30(32(41)43-4-2)23-15-25-36-31(40)29-22-14-24-35-29)37-38-44(26-16-8-5-9-17-26,27-18-10-6-11-19-27)28-20-12-7-13-21-28/h5-14,16-22,24,30H,3-4,15,23,25H2,1-2H3,(H2-,34,35,36,40,42)/p+1. The first-order valence-electron chi connectivity index (χ1n) is 14.7. The van der Waals surface area contributed by atoms with Crippen LogP contribution < -0.4 is 26.5 Å². The Labute approximate surface area is 258 Å². The molecule has 0 aliphatic carbocycles. The highest BCUT2D eigenvalue weighted by Crippen LogP contribution is 2.57. The van der Waals surface area contributed by atoms with Gasteiger partial charge in [0.1, 0.15) is 21.6 Å². The summed E-state index contributed by atoms with van der Waals surface area (Å²) in [6, 6.07) is 31.4. The molecule has 228 valence electrons. The molecule has 0 fully saturated rings. The molecule has 4 rings (SSSR count). The molecule has 0 bridgehead atoms. The van der Waals surface area contributed by atoms with Gasteiger partial charge in [-0.2, -0.15) is 5.01 Å². The third-order valence-electron chi connectivity index (χ3n) is 6.83. The van der Waals surface area contributed by atoms with Crippen LogP contribution in [0, 0.1) is 0 Å². The molecule has 3 N–H and O–H groups in total. The second kappa shape index (κ2) is 16.1. The molecule has 1 atom stereocenters. The van der Waals surface area contributed by atoms with Crippen LogP contribution in [-0.2, 0) is 9.53 Å². The van der Waals surface area contributed by atoms with Crippen LogP contribution in [0.25, 0.3) is 0 Å². The van der Waals surface area contributed by atoms with Crippen LogP contribution in [0.2, 0.25) is 0 Å². The second-order valence-electron chi connectivity index (χ2n) is 9.75. The lowest BCUT2D eigenvalue weighted by molar-refractivity contribution is -0.148. The van der Waals surface area contributed by atoms with Crippen molar-refractivity contribution < 1.29 is 19.1 Å². The summed E-state index contributed by atoms with van der Waals surface area (Å²) in [6.07, 6.45) is 2.25. The molecule has 0 aliphatic rings. The lowest BCUT2D eigenvalue weighted by atomic mass is 10.1. The fourth-order valence-electron chi connectivity index (χ4n) is 4.76. The minimum Gasteiger partial charge on any atom is -0.464 e. The van der Waals surface area contributed by atoms with E-state index in [0.29, 0.717) is 18.7 Å². The van der Waals surface area contributed by atoms with E-state index in [9.17, 15) is 14.4 Å². The fourth-order valence-corrected chi connectivity index (χ4v) is 7.98. The minimum atomic E-state index is -2.80. The monoisotopic (exact) mass is 613 g/mol. The Morgan fingerprint density at radius 2 is 1.39 bits per heavy atom. The molecule has 1 heterocycles. The van der Waals surface area contributed by atoms with Crippen molar-refractivity contribution in [1.29, 1.82) is 0 Å². The van der Waals surface area contributed by atoms with Gasteiger partial charge in [-0.1, -0.05) is 54.6 Å². The molecule has 0 saturated heterocycles. The number of ether oxygens (including phenoxy) is 1. The number of benzene rings is 3. The summed E-state index contributed by atoms with van der Waals surface area (Å²) in [5.41, 5.74) is 0.438. The predicted molar refractivity (Wildman–Crippen MR) is 174 cm³/mol. The smallest absolute Gasteiger partial charge is 0.340 e. The van der Waals surface area contributed by atoms with Gasteiger partial charge in [-0.05, 0) is 80.4 Å². The molecule has 0 radical (unpaired) electrons. The van der Waals surface area contributed by atoms with Crippen LogP contribution in [0.4, 0.5) is 4.79 Å². The van der Waals surface area contributed by atoms with Gasteiger partial charge in [-0.25, -0.2) is 9.59 Å². The van der Waals surface area contributed by atoms with Gasteiger partial charge in [-0.3, -0.25) is 4.79 Å². The Morgan fingerprint density at radius 3 is 1.86 bits per heavy atom. The molecule has 3 amide bonds. The van der Waals surface area contributed by atoms with Crippen molar-refractivity contribution >= 4 is 41.2 Å². The number of carbonyl (C=O) groups excluding carboxylic acids is 3. The number of nitrogens with one attached hydrogen (secondary N) is 3. The molecular weight excluding hydrogens is 575 g/mol. The van der Waals surface area contributed by atoms with E-state index < -0.39 is 25.5 Å². The van der Waals surface area contributed by atoms with Crippen molar-refractivity contribution in [3.05, 3.63) is 115 Å². The third-order valence-corrected chi connectivity index (χ3v) is 10.3. The second-order valence-corrected chi connectivity index (χ2v) is 12.7. The summed E-state index contributed by atoms with van der Waals surface area (Å²) >= 11 is 0. The minimum absolute atomic E-state index is 0.133. The molecule has 3 aromatic carbocycles. The summed E-state index contributed by atoms with van der Waals surface area (Å²) in [5.74, 6) is -0.859. The maximum absolute atomic E-state index is 13.5. The van der Waals surface area contributed by atoms with Crippen molar-refractivity contribution in [2.75, 3.05) is 19.7 Å². The van der Waals surface area contributed by atoms with Crippen molar-refractivity contribution in [3.63, 3.8) is 0 Å². The van der Waals surface area contributed by atoms with Gasteiger partial charge in [-0.15, -0.1) is 0 Å². The van der Waals surface area contributed by atoms with Crippen molar-refractivity contribution in [3.8, 4) is 0 Å². The van der Waals surface area contributed by atoms with Crippen LogP contribution in [0.1, 0.15) is 37.2 Å². The van der Waals surface area contributed by atoms with Crippen LogP contribution >= 0.6 is 7.41 Å². The van der Waals surface area contributed by atoms with E-state index in [1.165, 1.54) is 0 Å². The average molecular weight is 614 g/mol. The topological polar surface area (TPSA) is 128 Å². The highest BCUT2D eigenvalue weighted by atomic mass is 31.2. The SMILES string of the molecule is CCNC(=O)N(N=N[P+](c1ccccc1)(c1ccccc1)c1ccccc1)C(CCCNC(=O)c1ccc[nH]1)C(=O)OCC. The van der Waals surface area contributed by atoms with Crippen LogP contribution in [0.5, 0.6) is 0 Å². The number of amides is 3. The van der Waals surface area contributed by atoms with E-state index in [-0.39, 0.29) is 25.5 Å². The lowest BCUT2D eigenvalue weighted by Crippen LogP contribution is -2.47. The van der Waals surface area contributed by atoms with Crippen molar-refractivity contribution in [2.24, 2.45) is 10.1 Å². The molecule has 44 heavy (non-hydrogen) atoms. The van der Waals surface area contributed by atoms with E-state index in [2.05, 4.69) is 20.8 Å². The van der Waals surface area contributed by atoms with E-state index in [4.69, 9.17) is 9.62 Å². The van der Waals surface area contributed by atoms with E-state index in [1.54, 1.807) is 32.2 Å². The summed E-state index contributed by atoms with van der Waals surface area (Å²) in [5, 5.41) is 14.1. The Morgan fingerprint density at radius 1 is 0.818 bits per heavy atom. The highest BCUT2D eigenvalue weighted by molar-refractivity contribution is 7.94. The Balaban J connectivity index is 1.75. The molecule has 4 aromatic rings. The number of rotatable bonds is 14. The molecular formula is C33H38N6O4P+. The van der Waals surface area contributed by atoms with Gasteiger partial charge in [0.05, 0.1) is 6.61 Å². The predicted octanol–water partition coefficient (Wildman–Crippen LogP) is 4.76. The highest BCUT2D eigenvalue weighted by Gasteiger charge is 2.48. The number of urea groups is 1. The zero-order valence-corrected chi connectivity index (χ0v) is 25.8. The van der Waals surface area contributed by atoms with Crippen LogP contribution in [0.15, 0.2) is 119 Å². The zero-order valence-electron chi connectivity index (χ0n) is 24.9. The maximum atomic E-state index is 13.5. The number of hydrogen-bond donors (Lipinski definition) is 3. The van der Waals surface area contributed by atoms with Gasteiger partial charge >= 0.3 is 12.0 Å². The van der Waals surface area contributed by atoms with Crippen molar-refractivity contribution in [1.82, 2.24) is 20.6 Å². The normalized spacial score (nSPS) is 12.0. The average Bonchev–Trinajstić information content (AvgIpc) is 3.61. The van der Waals surface area contributed by atoms with Gasteiger partial charge in [0.15, 0.2) is 6.04 Å². The first-order chi connectivity index (χ1) is 21.5. The van der Waals surface area contributed by atoms with Gasteiger partial charge in [0.2, 0.25) is 0 Å². The number of hydrogen-bond acceptors (Lipinski definition) is 6. The van der Waals surface area contributed by atoms with E-state index >= 15 is 0 Å². The van der Waals surface area contributed by atoms with E-state index in [1.807, 2.05) is 91.0 Å².